The van der Waals surface area contributed by atoms with Crippen LogP contribution in [-0.2, 0) is 21.4 Å². The highest BCUT2D eigenvalue weighted by molar-refractivity contribution is 7.99. The maximum absolute atomic E-state index is 13.5. The average Bonchev–Trinajstić information content (AvgIpc) is 3.23. The second-order valence-corrected chi connectivity index (χ2v) is 18.7. The Morgan fingerprint density at radius 2 is 1.48 bits per heavy atom. The van der Waals surface area contributed by atoms with Gasteiger partial charge in [0.15, 0.2) is 0 Å². The molecule has 1 fully saturated rings. The summed E-state index contributed by atoms with van der Waals surface area (Å²) in [6, 6.07) is 35.3. The first-order chi connectivity index (χ1) is 29.2. The molecule has 1 aliphatic rings. The van der Waals surface area contributed by atoms with Crippen LogP contribution in [0.5, 0.6) is 0 Å². The molecule has 1 atom stereocenters. The largest absolute Gasteiger partial charge is 0.375 e. The first-order valence-corrected chi connectivity index (χ1v) is 23.1. The highest BCUT2D eigenvalue weighted by Gasteiger charge is 2.28. The van der Waals surface area contributed by atoms with E-state index < -0.39 is 37.5 Å². The SMILES string of the molecule is CC(C)N(C(=O)C[C@H](CSc1ccccc1)Nc1ccc(S(=O)(=O)NC(=O)c2ccc(N3CCN(Cc4ccccc4-c4ccc(Cl)cc4)CC3)cc2)cc1[N+](=O)[O-])C(C)C. The standard InChI is InChI=1S/C46H51ClN6O6S2/c1-32(2)52(33(3)4)45(54)28-38(31-60-40-11-6-5-7-12-40)48-43-23-22-41(29-44(43)53(56)57)61(58,59)49-46(55)35-16-20-39(21-17-35)51-26-24-50(25-27-51)30-36-10-8-9-13-42(36)34-14-18-37(47)19-15-34/h5-23,29,32-33,38,48H,24-28,30-31H2,1-4H3,(H,49,55)/t38-/m1/s1. The quantitative estimate of drug-likeness (QED) is 0.0528. The van der Waals surface area contributed by atoms with Gasteiger partial charge in [-0.15, -0.1) is 11.8 Å². The maximum atomic E-state index is 13.5. The number of nitrogens with zero attached hydrogens (tertiary/aromatic N) is 4. The highest BCUT2D eigenvalue weighted by atomic mass is 35.5. The normalized spacial score (nSPS) is 13.9. The average molecular weight is 884 g/mol. The lowest BCUT2D eigenvalue weighted by Crippen LogP contribution is -2.46. The first-order valence-electron chi connectivity index (χ1n) is 20.2. The summed E-state index contributed by atoms with van der Waals surface area (Å²) in [5, 5.41) is 16.2. The van der Waals surface area contributed by atoms with Gasteiger partial charge in [0, 0.05) is 90.3 Å². The molecule has 0 saturated carbocycles. The number of sulfonamides is 1. The number of hydrogen-bond acceptors (Lipinski definition) is 10. The van der Waals surface area contributed by atoms with Crippen molar-refractivity contribution in [3.05, 3.63) is 148 Å². The van der Waals surface area contributed by atoms with E-state index in [-0.39, 0.29) is 35.7 Å². The minimum absolute atomic E-state index is 0.0506. The first kappa shape index (κ1) is 45.1. The van der Waals surface area contributed by atoms with Gasteiger partial charge in [0.05, 0.1) is 9.82 Å². The smallest absolute Gasteiger partial charge is 0.293 e. The van der Waals surface area contributed by atoms with E-state index in [2.05, 4.69) is 38.0 Å². The second kappa shape index (κ2) is 20.4. The molecule has 0 bridgehead atoms. The summed E-state index contributed by atoms with van der Waals surface area (Å²) in [5.74, 6) is -0.570. The lowest BCUT2D eigenvalue weighted by atomic mass is 9.99. The van der Waals surface area contributed by atoms with Crippen molar-refractivity contribution >= 4 is 62.3 Å². The number of rotatable bonds is 17. The van der Waals surface area contributed by atoms with E-state index in [9.17, 15) is 28.1 Å². The van der Waals surface area contributed by atoms with Crippen LogP contribution in [0, 0.1) is 10.1 Å². The van der Waals surface area contributed by atoms with Crippen LogP contribution >= 0.6 is 23.4 Å². The van der Waals surface area contributed by atoms with Crippen molar-refractivity contribution in [2.75, 3.05) is 42.1 Å². The third kappa shape index (κ3) is 11.9. The summed E-state index contributed by atoms with van der Waals surface area (Å²) in [6.45, 7) is 11.7. The molecule has 12 nitrogen and oxygen atoms in total. The van der Waals surface area contributed by atoms with Gasteiger partial charge >= 0.3 is 0 Å². The molecule has 0 unspecified atom stereocenters. The van der Waals surface area contributed by atoms with Gasteiger partial charge in [-0.25, -0.2) is 13.1 Å². The number of nitrogens with one attached hydrogen (secondary N) is 2. The number of piperazine rings is 1. The minimum atomic E-state index is -4.51. The Bertz CT molecular complexity index is 2400. The molecule has 2 N–H and O–H groups in total. The zero-order chi connectivity index (χ0) is 43.7. The van der Waals surface area contributed by atoms with Crippen LogP contribution in [0.1, 0.15) is 50.0 Å². The second-order valence-electron chi connectivity index (χ2n) is 15.5. The number of halogens is 1. The number of carbonyl (C=O) groups excluding carboxylic acids is 2. The molecule has 1 saturated heterocycles. The molecule has 1 heterocycles. The molecular formula is C46H51ClN6O6S2. The third-order valence-corrected chi connectivity index (χ3v) is 13.3. The van der Waals surface area contributed by atoms with Gasteiger partial charge < -0.3 is 15.1 Å². The number of amides is 2. The number of nitro groups is 1. The Hall–Kier alpha value is -5.41. The summed E-state index contributed by atoms with van der Waals surface area (Å²) < 4.78 is 29.0. The van der Waals surface area contributed by atoms with E-state index in [1.54, 1.807) is 29.2 Å². The van der Waals surface area contributed by atoms with E-state index in [4.69, 9.17) is 11.6 Å². The van der Waals surface area contributed by atoms with Crippen molar-refractivity contribution in [3.8, 4) is 11.1 Å². The Labute approximate surface area is 367 Å². The highest BCUT2D eigenvalue weighted by Crippen LogP contribution is 2.31. The van der Waals surface area contributed by atoms with Gasteiger partial charge in [-0.1, -0.05) is 66.2 Å². The molecule has 0 aliphatic carbocycles. The predicted octanol–water partition coefficient (Wildman–Crippen LogP) is 8.96. The zero-order valence-electron chi connectivity index (χ0n) is 34.7. The van der Waals surface area contributed by atoms with Gasteiger partial charge in [0.25, 0.3) is 21.6 Å². The minimum Gasteiger partial charge on any atom is -0.375 e. The molecule has 0 radical (unpaired) electrons. The van der Waals surface area contributed by atoms with Crippen molar-refractivity contribution < 1.29 is 22.9 Å². The molecule has 2 amide bonds. The lowest BCUT2D eigenvalue weighted by molar-refractivity contribution is -0.384. The molecule has 6 rings (SSSR count). The van der Waals surface area contributed by atoms with Crippen LogP contribution in [0.2, 0.25) is 5.02 Å². The Kier molecular flexibility index (Phi) is 15.1. The molecular weight excluding hydrogens is 832 g/mol. The predicted molar refractivity (Wildman–Crippen MR) is 245 cm³/mol. The molecule has 0 spiro atoms. The van der Waals surface area contributed by atoms with E-state index >= 15 is 0 Å². The molecule has 61 heavy (non-hydrogen) atoms. The fourth-order valence-electron chi connectivity index (χ4n) is 7.56. The van der Waals surface area contributed by atoms with E-state index in [1.807, 2.05) is 88.4 Å². The number of nitro benzene ring substituents is 1. The van der Waals surface area contributed by atoms with Crippen LogP contribution in [0.25, 0.3) is 11.1 Å². The van der Waals surface area contributed by atoms with Gasteiger partial charge in [-0.3, -0.25) is 24.6 Å². The molecule has 5 aromatic rings. The van der Waals surface area contributed by atoms with Crippen molar-refractivity contribution in [2.45, 2.75) is 68.6 Å². The summed E-state index contributed by atoms with van der Waals surface area (Å²) in [4.78, 5) is 45.3. The van der Waals surface area contributed by atoms with Crippen LogP contribution in [0.4, 0.5) is 17.1 Å². The van der Waals surface area contributed by atoms with Crippen LogP contribution in [0.3, 0.4) is 0 Å². The number of thioether (sulfide) groups is 1. The summed E-state index contributed by atoms with van der Waals surface area (Å²) in [7, 11) is -4.51. The van der Waals surface area contributed by atoms with E-state index in [1.165, 1.54) is 35.0 Å². The van der Waals surface area contributed by atoms with Crippen molar-refractivity contribution in [1.29, 1.82) is 0 Å². The molecule has 15 heteroatoms. The number of hydrogen-bond donors (Lipinski definition) is 2. The fraction of sp³-hybridized carbons (Fsp3) is 0.304. The van der Waals surface area contributed by atoms with Gasteiger partial charge in [-0.05, 0) is 105 Å². The number of carbonyl (C=O) groups is 2. The van der Waals surface area contributed by atoms with Gasteiger partial charge in [0.1, 0.15) is 5.69 Å². The Morgan fingerprint density at radius 3 is 2.11 bits per heavy atom. The topological polar surface area (TPSA) is 145 Å². The van der Waals surface area contributed by atoms with Crippen LogP contribution in [-0.4, -0.2) is 85.0 Å². The van der Waals surface area contributed by atoms with E-state index in [0.717, 1.165) is 54.9 Å². The van der Waals surface area contributed by atoms with Crippen molar-refractivity contribution in [1.82, 2.24) is 14.5 Å². The Morgan fingerprint density at radius 1 is 0.836 bits per heavy atom. The van der Waals surface area contributed by atoms with Gasteiger partial charge in [0.2, 0.25) is 5.91 Å². The van der Waals surface area contributed by atoms with E-state index in [0.29, 0.717) is 10.8 Å². The van der Waals surface area contributed by atoms with Crippen molar-refractivity contribution in [3.63, 3.8) is 0 Å². The lowest BCUT2D eigenvalue weighted by Gasteiger charge is -2.36. The third-order valence-electron chi connectivity index (χ3n) is 10.5. The number of anilines is 2. The molecule has 0 aromatic heterocycles. The summed E-state index contributed by atoms with van der Waals surface area (Å²) >= 11 is 7.62. The summed E-state index contributed by atoms with van der Waals surface area (Å²) in [6.07, 6.45) is 0.0549. The maximum Gasteiger partial charge on any atom is 0.293 e. The molecule has 320 valence electrons. The van der Waals surface area contributed by atoms with Gasteiger partial charge in [-0.2, -0.15) is 0 Å². The molecule has 1 aliphatic heterocycles. The monoisotopic (exact) mass is 882 g/mol. The zero-order valence-corrected chi connectivity index (χ0v) is 37.1. The number of benzene rings is 5. The van der Waals surface area contributed by atoms with Crippen LogP contribution < -0.4 is 14.9 Å². The fourth-order valence-corrected chi connectivity index (χ4v) is 9.63. The molecule has 5 aromatic carbocycles. The Balaban J connectivity index is 1.09. The van der Waals surface area contributed by atoms with Crippen molar-refractivity contribution in [2.24, 2.45) is 0 Å². The summed E-state index contributed by atoms with van der Waals surface area (Å²) in [5.41, 5.74) is 4.11. The van der Waals surface area contributed by atoms with Crippen LogP contribution in [0.15, 0.2) is 131 Å².